The number of nitrogens with zero attached hydrogens (tertiary/aromatic N) is 3. The number of H-pyrrole nitrogens is 1. The first-order valence-electron chi connectivity index (χ1n) is 6.50. The van der Waals surface area contributed by atoms with Gasteiger partial charge in [0.15, 0.2) is 11.2 Å². The molecule has 0 bridgehead atoms. The predicted octanol–water partition coefficient (Wildman–Crippen LogP) is 0.315. The summed E-state index contributed by atoms with van der Waals surface area (Å²) in [4.78, 5) is 31.1. The minimum Gasteiger partial charge on any atom is -0.353 e. The van der Waals surface area contributed by atoms with E-state index in [9.17, 15) is 9.59 Å². The Morgan fingerprint density at radius 1 is 1.21 bits per heavy atom. The number of hydrogen-bond acceptors (Lipinski definition) is 4. The van der Waals surface area contributed by atoms with Crippen LogP contribution in [0.15, 0.2) is 9.59 Å². The molecule has 2 aromatic heterocycles. The van der Waals surface area contributed by atoms with Gasteiger partial charge < -0.3 is 10.3 Å². The van der Waals surface area contributed by atoms with Gasteiger partial charge in [-0.05, 0) is 12.8 Å². The van der Waals surface area contributed by atoms with Gasteiger partial charge in [0, 0.05) is 20.1 Å². The van der Waals surface area contributed by atoms with Gasteiger partial charge in [-0.15, -0.1) is 0 Å². The highest BCUT2D eigenvalue weighted by Crippen LogP contribution is 2.21. The largest absolute Gasteiger partial charge is 0.353 e. The molecule has 0 aliphatic heterocycles. The summed E-state index contributed by atoms with van der Waals surface area (Å²) >= 11 is 0. The lowest BCUT2D eigenvalue weighted by Gasteiger charge is -2.09. The van der Waals surface area contributed by atoms with Crippen molar-refractivity contribution in [3.63, 3.8) is 0 Å². The lowest BCUT2D eigenvalue weighted by atomic mass is 10.3. The fraction of sp³-hybridized carbons (Fsp3) is 0.583. The van der Waals surface area contributed by atoms with Crippen molar-refractivity contribution in [2.24, 2.45) is 14.1 Å². The minimum absolute atomic E-state index is 0.343. The molecule has 0 saturated heterocycles. The third kappa shape index (κ3) is 1.85. The lowest BCUT2D eigenvalue weighted by molar-refractivity contribution is 0.708. The second-order valence-electron chi connectivity index (χ2n) is 5.12. The zero-order valence-corrected chi connectivity index (χ0v) is 11.1. The normalized spacial score (nSPS) is 16.3. The second kappa shape index (κ2) is 4.25. The van der Waals surface area contributed by atoms with Crippen LogP contribution in [0.2, 0.25) is 0 Å². The van der Waals surface area contributed by atoms with Crippen molar-refractivity contribution in [3.05, 3.63) is 20.8 Å². The molecule has 7 heteroatoms. The molecule has 19 heavy (non-hydrogen) atoms. The Balaban J connectivity index is 2.10. The Morgan fingerprint density at radius 2 is 1.89 bits per heavy atom. The fourth-order valence-corrected chi connectivity index (χ4v) is 2.66. The predicted molar refractivity (Wildman–Crippen MR) is 72.5 cm³/mol. The van der Waals surface area contributed by atoms with Gasteiger partial charge in [-0.3, -0.25) is 13.9 Å². The van der Waals surface area contributed by atoms with Gasteiger partial charge >= 0.3 is 5.69 Å². The van der Waals surface area contributed by atoms with Gasteiger partial charge in [-0.1, -0.05) is 12.8 Å². The summed E-state index contributed by atoms with van der Waals surface area (Å²) in [6.45, 7) is 0. The monoisotopic (exact) mass is 263 g/mol. The first kappa shape index (κ1) is 12.0. The van der Waals surface area contributed by atoms with Crippen LogP contribution in [0.5, 0.6) is 0 Å². The first-order valence-corrected chi connectivity index (χ1v) is 6.50. The fourth-order valence-electron chi connectivity index (χ4n) is 2.66. The number of aromatic amines is 1. The van der Waals surface area contributed by atoms with E-state index in [1.807, 2.05) is 0 Å². The van der Waals surface area contributed by atoms with E-state index in [4.69, 9.17) is 0 Å². The van der Waals surface area contributed by atoms with Gasteiger partial charge in [0.05, 0.1) is 0 Å². The average Bonchev–Trinajstić information content (AvgIpc) is 3.04. The molecule has 1 saturated carbocycles. The number of aryl methyl sites for hydroxylation is 1. The Labute approximate surface area is 109 Å². The van der Waals surface area contributed by atoms with Crippen LogP contribution in [0, 0.1) is 0 Å². The lowest BCUT2D eigenvalue weighted by Crippen LogP contribution is -2.36. The van der Waals surface area contributed by atoms with Crippen LogP contribution in [0.25, 0.3) is 11.2 Å². The van der Waals surface area contributed by atoms with E-state index in [2.05, 4.69) is 15.3 Å². The van der Waals surface area contributed by atoms with E-state index in [1.54, 1.807) is 7.05 Å². The molecule has 2 N–H and O–H groups in total. The SMILES string of the molecule is Cn1c(=O)c2[nH]c(NC3CCCC3)nc2n(C)c1=O. The molecule has 2 aromatic rings. The zero-order valence-electron chi connectivity index (χ0n) is 11.1. The molecule has 0 radical (unpaired) electrons. The van der Waals surface area contributed by atoms with Gasteiger partial charge in [0.1, 0.15) is 0 Å². The van der Waals surface area contributed by atoms with Gasteiger partial charge in [0.2, 0.25) is 5.95 Å². The van der Waals surface area contributed by atoms with Crippen molar-refractivity contribution in [2.75, 3.05) is 5.32 Å². The standard InChI is InChI=1S/C12H17N5O2/c1-16-9-8(10(18)17(2)12(16)19)14-11(15-9)13-7-5-3-4-6-7/h7H,3-6H2,1-2H3,(H2,13,14,15). The highest BCUT2D eigenvalue weighted by atomic mass is 16.2. The topological polar surface area (TPSA) is 84.7 Å². The molecule has 7 nitrogen and oxygen atoms in total. The average molecular weight is 263 g/mol. The van der Waals surface area contributed by atoms with Gasteiger partial charge in [0.25, 0.3) is 5.56 Å². The van der Waals surface area contributed by atoms with E-state index in [0.717, 1.165) is 17.4 Å². The third-order valence-electron chi connectivity index (χ3n) is 3.79. The number of imidazole rings is 1. The van der Waals surface area contributed by atoms with Crippen LogP contribution in [0.1, 0.15) is 25.7 Å². The molecule has 1 fully saturated rings. The van der Waals surface area contributed by atoms with Crippen LogP contribution < -0.4 is 16.6 Å². The van der Waals surface area contributed by atoms with Crippen LogP contribution in [0.4, 0.5) is 5.95 Å². The van der Waals surface area contributed by atoms with Crippen molar-refractivity contribution in [3.8, 4) is 0 Å². The van der Waals surface area contributed by atoms with Crippen LogP contribution in [-0.2, 0) is 14.1 Å². The number of aromatic nitrogens is 4. The summed E-state index contributed by atoms with van der Waals surface area (Å²) in [5.41, 5.74) is 0.0557. The molecular formula is C12H17N5O2. The van der Waals surface area contributed by atoms with Crippen LogP contribution in [0.3, 0.4) is 0 Å². The molecule has 1 aliphatic carbocycles. The Hall–Kier alpha value is -2.05. The van der Waals surface area contributed by atoms with Gasteiger partial charge in [-0.2, -0.15) is 4.98 Å². The number of fused-ring (bicyclic) bond motifs is 1. The Kier molecular flexibility index (Phi) is 2.69. The smallest absolute Gasteiger partial charge is 0.332 e. The van der Waals surface area contributed by atoms with Crippen molar-refractivity contribution in [1.29, 1.82) is 0 Å². The molecular weight excluding hydrogens is 246 g/mol. The molecule has 1 aliphatic rings. The van der Waals surface area contributed by atoms with E-state index >= 15 is 0 Å². The number of anilines is 1. The Bertz CT molecular complexity index is 733. The summed E-state index contributed by atoms with van der Waals surface area (Å²) < 4.78 is 2.47. The third-order valence-corrected chi connectivity index (χ3v) is 3.79. The van der Waals surface area contributed by atoms with E-state index in [1.165, 1.54) is 24.5 Å². The highest BCUT2D eigenvalue weighted by molar-refractivity contribution is 5.72. The molecule has 2 heterocycles. The molecule has 0 aromatic carbocycles. The quantitative estimate of drug-likeness (QED) is 0.817. The minimum atomic E-state index is -0.364. The summed E-state index contributed by atoms with van der Waals surface area (Å²) in [6.07, 6.45) is 4.68. The number of rotatable bonds is 2. The summed E-state index contributed by atoms with van der Waals surface area (Å²) in [7, 11) is 3.08. The number of hydrogen-bond donors (Lipinski definition) is 2. The second-order valence-corrected chi connectivity index (χ2v) is 5.12. The molecule has 0 spiro atoms. The molecule has 3 rings (SSSR count). The van der Waals surface area contributed by atoms with Crippen molar-refractivity contribution < 1.29 is 0 Å². The van der Waals surface area contributed by atoms with E-state index in [-0.39, 0.29) is 11.2 Å². The molecule has 0 amide bonds. The molecule has 0 unspecified atom stereocenters. The molecule has 0 atom stereocenters. The van der Waals surface area contributed by atoms with Crippen molar-refractivity contribution in [2.45, 2.75) is 31.7 Å². The summed E-state index contributed by atoms with van der Waals surface area (Å²) in [6, 6.07) is 0.404. The number of nitrogens with one attached hydrogen (secondary N) is 2. The van der Waals surface area contributed by atoms with Crippen LogP contribution >= 0.6 is 0 Å². The van der Waals surface area contributed by atoms with E-state index in [0.29, 0.717) is 23.2 Å². The zero-order chi connectivity index (χ0) is 13.6. The van der Waals surface area contributed by atoms with Gasteiger partial charge in [-0.25, -0.2) is 4.79 Å². The van der Waals surface area contributed by atoms with E-state index < -0.39 is 0 Å². The maximum absolute atomic E-state index is 12.0. The maximum Gasteiger partial charge on any atom is 0.332 e. The maximum atomic E-state index is 12.0. The van der Waals surface area contributed by atoms with Crippen LogP contribution in [-0.4, -0.2) is 25.1 Å². The summed E-state index contributed by atoms with van der Waals surface area (Å²) in [5, 5.41) is 3.29. The Morgan fingerprint density at radius 3 is 2.58 bits per heavy atom. The van der Waals surface area contributed by atoms with Crippen molar-refractivity contribution in [1.82, 2.24) is 19.1 Å². The molecule has 102 valence electrons. The highest BCUT2D eigenvalue weighted by Gasteiger charge is 2.18. The summed E-state index contributed by atoms with van der Waals surface area (Å²) in [5.74, 6) is 0.570. The first-order chi connectivity index (χ1) is 9.08. The van der Waals surface area contributed by atoms with Crippen molar-refractivity contribution >= 4 is 17.1 Å².